The van der Waals surface area contributed by atoms with Crippen molar-refractivity contribution >= 4 is 79.4 Å². The zero-order valence-electron chi connectivity index (χ0n) is 62.1. The van der Waals surface area contributed by atoms with Crippen LogP contribution >= 0.6 is 0 Å². The second kappa shape index (κ2) is 40.7. The lowest BCUT2D eigenvalue weighted by Crippen LogP contribution is -2.38. The minimum absolute atomic E-state index is 0.0000384. The molecule has 0 spiro atoms. The molecule has 0 saturated heterocycles. The van der Waals surface area contributed by atoms with Gasteiger partial charge in [-0.2, -0.15) is 16.8 Å². The Morgan fingerprint density at radius 1 is 0.570 bits per heavy atom. The van der Waals surface area contributed by atoms with E-state index in [2.05, 4.69) is 25.9 Å². The van der Waals surface area contributed by atoms with Crippen LogP contribution in [-0.4, -0.2) is 187 Å². The number of nitrogens with zero attached hydrogens (tertiary/aromatic N) is 2. The monoisotopic (exact) mass is 1530 g/mol. The summed E-state index contributed by atoms with van der Waals surface area (Å²) in [5.41, 5.74) is 13.1. The van der Waals surface area contributed by atoms with Gasteiger partial charge in [0.15, 0.2) is 12.2 Å². The van der Waals surface area contributed by atoms with Crippen molar-refractivity contribution in [3.63, 3.8) is 0 Å². The number of aliphatic imine (C=N–C) groups is 2. The van der Waals surface area contributed by atoms with E-state index in [9.17, 15) is 66.7 Å². The van der Waals surface area contributed by atoms with Crippen LogP contribution in [0.3, 0.4) is 0 Å². The first-order valence-electron chi connectivity index (χ1n) is 34.6. The van der Waals surface area contributed by atoms with E-state index >= 15 is 0 Å². The maximum absolute atomic E-state index is 13.8. The molecule has 4 amide bonds. The van der Waals surface area contributed by atoms with E-state index in [4.69, 9.17) is 48.3 Å². The number of hydrogen-bond acceptors (Lipinski definition) is 25. The number of primary amides is 2. The Morgan fingerprint density at radius 2 is 0.925 bits per heavy atom. The molecule has 2 aliphatic rings. The number of nitrogens with two attached hydrogens (primary N) is 2. The minimum atomic E-state index is -4.40. The van der Waals surface area contributed by atoms with E-state index in [1.54, 1.807) is 52.0 Å². The second-order valence-electron chi connectivity index (χ2n) is 26.6. The molecular weight excluding hydrogens is 1430 g/mol. The summed E-state index contributed by atoms with van der Waals surface area (Å²) >= 11 is 0. The van der Waals surface area contributed by atoms with E-state index in [0.29, 0.717) is 25.9 Å². The molecule has 31 heteroatoms. The molecule has 4 aromatic rings. The van der Waals surface area contributed by atoms with Crippen molar-refractivity contribution in [3.05, 3.63) is 154 Å². The number of phenolic OH excluding ortho intramolecular Hbond substituents is 4. The highest BCUT2D eigenvalue weighted by Gasteiger charge is 2.36. The van der Waals surface area contributed by atoms with E-state index < -0.39 is 130 Å². The van der Waals surface area contributed by atoms with Crippen molar-refractivity contribution in [2.24, 2.45) is 45.1 Å². The van der Waals surface area contributed by atoms with E-state index in [0.717, 1.165) is 23.3 Å². The normalized spacial score (nSPS) is 23.7. The summed E-state index contributed by atoms with van der Waals surface area (Å²) in [6.07, 6.45) is 3.27. The highest BCUT2D eigenvalue weighted by Crippen LogP contribution is 2.46. The molecule has 4 bridgehead atoms. The molecule has 13 N–H and O–H groups in total. The summed E-state index contributed by atoms with van der Waals surface area (Å²) in [4.78, 5) is 61.5. The smallest absolute Gasteiger partial charge is 0.405 e. The van der Waals surface area contributed by atoms with Crippen molar-refractivity contribution in [2.75, 3.05) is 65.4 Å². The lowest BCUT2D eigenvalue weighted by Gasteiger charge is -2.30. The standard InChI is InChI=1S/C76H101N7O22S2/c1-43-21-25-53(26-22-43)106(94,95)102-41-51-37-49(7)67(86)63(100-11)35-45(3)33-55-65(59(84)39-57(69(55)88)82-73(90)47(5)17-13-19-61(98-9)71(51)104-75(77)92)80-31-15-29-79-30-16-32-81-66-56-34-46(4)36-64(101-12)68(87)50(8)38-52(42-103-107(96,97)54-27-23-44(2)24-28-54)72(105-76(78)93)62(99-10)20-14-18-48(6)74(91)83-58(70(56)89)40-60(66)85/h13-14,17-28,31-32,37-40,45-46,49-50,61-64,67-68,71-72,79,84-89H,15-16,29-30,33-36,41-42H2,1-12H3,(H2,77,92)(H2,78,93)(H,82,90)(H,83,91)/t45-,46+,49+,50-,61+,62-,63+,64-,67-,68+,71+,72-. The summed E-state index contributed by atoms with van der Waals surface area (Å²) in [5, 5.41) is 79.7. The third-order valence-corrected chi connectivity index (χ3v) is 20.6. The number of allylic oxidation sites excluding steroid dienone is 4. The van der Waals surface area contributed by atoms with Crippen LogP contribution < -0.4 is 27.4 Å². The number of rotatable bonds is 22. The van der Waals surface area contributed by atoms with Crippen molar-refractivity contribution in [1.82, 2.24) is 5.32 Å². The fraction of sp³-hybridized carbons (Fsp3) is 0.447. The summed E-state index contributed by atoms with van der Waals surface area (Å²) in [5.74, 6) is -5.51. The Hall–Kier alpha value is -9.12. The third kappa shape index (κ3) is 25.0. The van der Waals surface area contributed by atoms with Gasteiger partial charge in [-0.05, 0) is 113 Å². The van der Waals surface area contributed by atoms with Crippen LogP contribution in [0.5, 0.6) is 23.0 Å². The molecular formula is C76H101N7O22S2. The summed E-state index contributed by atoms with van der Waals surface area (Å²) in [6, 6.07) is 14.2. The number of benzene rings is 4. The molecule has 584 valence electrons. The molecule has 0 saturated carbocycles. The van der Waals surface area contributed by atoms with Gasteiger partial charge in [0.1, 0.15) is 46.6 Å². The van der Waals surface area contributed by atoms with Gasteiger partial charge in [0.05, 0.1) is 58.8 Å². The number of nitrogens with one attached hydrogen (secondary N) is 3. The zero-order valence-corrected chi connectivity index (χ0v) is 63.8. The topological polar surface area (TPSA) is 445 Å². The number of anilines is 2. The highest BCUT2D eigenvalue weighted by molar-refractivity contribution is 7.87. The number of carbonyl (C=O) groups is 4. The number of aromatic hydroxyl groups is 4. The van der Waals surface area contributed by atoms with Crippen LogP contribution in [-0.2, 0) is 79.5 Å². The molecule has 0 aromatic heterocycles. The highest BCUT2D eigenvalue weighted by atomic mass is 32.2. The maximum atomic E-state index is 13.8. The molecule has 6 rings (SSSR count). The van der Waals surface area contributed by atoms with Gasteiger partial charge in [-0.15, -0.1) is 0 Å². The first-order chi connectivity index (χ1) is 50.6. The number of aliphatic hydroxyl groups is 2. The lowest BCUT2D eigenvalue weighted by molar-refractivity contribution is -0.113. The lowest BCUT2D eigenvalue weighted by atomic mass is 9.87. The number of fused-ring (bicyclic) bond motifs is 4. The number of methoxy groups -OCH3 is 4. The van der Waals surface area contributed by atoms with Crippen LogP contribution in [0, 0.1) is 37.5 Å². The average molecular weight is 1530 g/mol. The number of hydrogen-bond donors (Lipinski definition) is 11. The van der Waals surface area contributed by atoms with Crippen LogP contribution in [0.1, 0.15) is 89.5 Å². The molecule has 12 atom stereocenters. The fourth-order valence-corrected chi connectivity index (χ4v) is 13.9. The molecule has 29 nitrogen and oxygen atoms in total. The Bertz CT molecular complexity index is 3970. The quantitative estimate of drug-likeness (QED) is 0.00871. The van der Waals surface area contributed by atoms with Crippen molar-refractivity contribution in [1.29, 1.82) is 0 Å². The molecule has 107 heavy (non-hydrogen) atoms. The summed E-state index contributed by atoms with van der Waals surface area (Å²) < 4.78 is 99.5. The average Bonchev–Trinajstić information content (AvgIpc) is 1.02. The maximum Gasteiger partial charge on any atom is 0.405 e. The van der Waals surface area contributed by atoms with Gasteiger partial charge in [0.2, 0.25) is 0 Å². The Morgan fingerprint density at radius 3 is 1.25 bits per heavy atom. The van der Waals surface area contributed by atoms with Crippen LogP contribution in [0.25, 0.3) is 0 Å². The third-order valence-electron chi connectivity index (χ3n) is 18.1. The molecule has 2 aliphatic heterocycles. The number of amides is 4. The molecule has 0 unspecified atom stereocenters. The zero-order chi connectivity index (χ0) is 79.0. The predicted molar refractivity (Wildman–Crippen MR) is 403 cm³/mol. The Kier molecular flexibility index (Phi) is 33.0. The largest absolute Gasteiger partial charge is 0.506 e. The molecule has 4 aromatic carbocycles. The van der Waals surface area contributed by atoms with Crippen molar-refractivity contribution in [2.45, 2.75) is 153 Å². The van der Waals surface area contributed by atoms with Gasteiger partial charge in [-0.25, -0.2) is 9.59 Å². The number of aliphatic hydroxyl groups excluding tert-OH is 2. The Labute approximate surface area is 625 Å². The molecule has 0 fully saturated rings. The molecule has 0 aliphatic carbocycles. The van der Waals surface area contributed by atoms with Gasteiger partial charge in [0, 0.05) is 100 Å². The van der Waals surface area contributed by atoms with Gasteiger partial charge in [-0.1, -0.05) is 112 Å². The molecule has 2 heterocycles. The van der Waals surface area contributed by atoms with E-state index in [-0.39, 0.29) is 115 Å². The van der Waals surface area contributed by atoms with E-state index in [1.165, 1.54) is 128 Å². The first-order valence-corrected chi connectivity index (χ1v) is 37.4. The van der Waals surface area contributed by atoms with Crippen LogP contribution in [0.4, 0.5) is 32.3 Å². The predicted octanol–water partition coefficient (Wildman–Crippen LogP) is 9.29. The SMILES string of the molecule is CO[C@H]1C=CC=C(C)C(=O)Nc2cc(O)c(N=CCCNCCC=Nc3c(O)cc4c(O)c3C[C@H](C)C[C@@H](OC)[C@@H](O)[C@H](C)C=C(COS(=O)(=O)c3ccc(C)cc3)[C@@H](OC(N)=O)[C@H](OC)C=CC=C(C)C(=O)N4)c(c2O)C[C@@H](C)C[C@H](OC)[C@H](O)[C@@H](C)C=C(COS(=O)(=O)c2ccc(C)cc2)[C@@H]1OC(N)=O. The second-order valence-corrected chi connectivity index (χ2v) is 29.8. The van der Waals surface area contributed by atoms with Crippen LogP contribution in [0.2, 0.25) is 0 Å². The van der Waals surface area contributed by atoms with E-state index in [1.807, 2.05) is 13.8 Å². The number of aryl methyl sites for hydroxylation is 2. The fourth-order valence-electron chi connectivity index (χ4n) is 12.1. The summed E-state index contributed by atoms with van der Waals surface area (Å²) in [7, 11) is -3.42. The minimum Gasteiger partial charge on any atom is -0.506 e. The number of ether oxygens (including phenoxy) is 6. The van der Waals surface area contributed by atoms with Crippen molar-refractivity contribution < 1.29 is 103 Å². The molecule has 0 radical (unpaired) electrons. The van der Waals surface area contributed by atoms with Crippen molar-refractivity contribution in [3.8, 4) is 23.0 Å². The van der Waals surface area contributed by atoms with Gasteiger partial charge in [-0.3, -0.25) is 27.9 Å². The van der Waals surface area contributed by atoms with Crippen LogP contribution in [0.15, 0.2) is 151 Å². The van der Waals surface area contributed by atoms with Gasteiger partial charge >= 0.3 is 12.2 Å². The Balaban J connectivity index is 1.22. The number of carbonyl (C=O) groups excluding carboxylic acids is 4. The van der Waals surface area contributed by atoms with Gasteiger partial charge in [0.25, 0.3) is 32.1 Å². The summed E-state index contributed by atoms with van der Waals surface area (Å²) in [6.45, 7) is 12.8. The first kappa shape index (κ1) is 86.8. The number of phenols is 4. The van der Waals surface area contributed by atoms with Gasteiger partial charge < -0.3 is 86.5 Å².